The summed E-state index contributed by atoms with van der Waals surface area (Å²) in [6, 6.07) is 4.37. The molecule has 0 unspecified atom stereocenters. The number of nitrogens with zero attached hydrogens (tertiary/aromatic N) is 1. The molecule has 2 heterocycles. The number of imidazole rings is 1. The highest BCUT2D eigenvalue weighted by Gasteiger charge is 2.05. The molecule has 0 aliphatic rings. The lowest BCUT2D eigenvalue weighted by atomic mass is 10.3. The van der Waals surface area contributed by atoms with Crippen molar-refractivity contribution in [3.05, 3.63) is 29.0 Å². The lowest BCUT2D eigenvalue weighted by molar-refractivity contribution is 0.708. The highest BCUT2D eigenvalue weighted by atomic mass is 32.1. The second kappa shape index (κ2) is 5.98. The Morgan fingerprint density at radius 2 is 2.29 bits per heavy atom. The number of aryl methyl sites for hydroxylation is 2. The molecule has 4 heteroatoms. The van der Waals surface area contributed by atoms with Crippen LogP contribution in [-0.2, 0) is 12.8 Å². The average molecular weight is 249 g/mol. The van der Waals surface area contributed by atoms with Crippen molar-refractivity contribution >= 4 is 11.3 Å². The quantitative estimate of drug-likeness (QED) is 0.773. The van der Waals surface area contributed by atoms with Gasteiger partial charge in [-0.05, 0) is 38.6 Å². The van der Waals surface area contributed by atoms with Crippen molar-refractivity contribution in [3.8, 4) is 10.6 Å². The zero-order valence-electron chi connectivity index (χ0n) is 10.4. The molecule has 0 spiro atoms. The van der Waals surface area contributed by atoms with Crippen molar-refractivity contribution in [2.24, 2.45) is 0 Å². The van der Waals surface area contributed by atoms with Gasteiger partial charge < -0.3 is 10.3 Å². The fourth-order valence-corrected chi connectivity index (χ4v) is 2.67. The summed E-state index contributed by atoms with van der Waals surface area (Å²) >= 11 is 1.84. The van der Waals surface area contributed by atoms with Gasteiger partial charge >= 0.3 is 0 Å². The Morgan fingerprint density at radius 3 is 3.00 bits per heavy atom. The minimum atomic E-state index is 1.01. The van der Waals surface area contributed by atoms with Crippen LogP contribution in [0.25, 0.3) is 10.6 Å². The van der Waals surface area contributed by atoms with Crippen LogP contribution in [0, 0.1) is 0 Å². The highest BCUT2D eigenvalue weighted by molar-refractivity contribution is 7.15. The fourth-order valence-electron chi connectivity index (χ4n) is 1.76. The Labute approximate surface area is 106 Å². The number of H-pyrrole nitrogens is 1. The third kappa shape index (κ3) is 3.17. The van der Waals surface area contributed by atoms with E-state index in [2.05, 4.69) is 34.3 Å². The topological polar surface area (TPSA) is 40.7 Å². The van der Waals surface area contributed by atoms with E-state index in [0.717, 1.165) is 37.3 Å². The average Bonchev–Trinajstić information content (AvgIpc) is 2.97. The van der Waals surface area contributed by atoms with Gasteiger partial charge in [-0.3, -0.25) is 0 Å². The van der Waals surface area contributed by atoms with Crippen molar-refractivity contribution < 1.29 is 0 Å². The van der Waals surface area contributed by atoms with Crippen LogP contribution in [0.5, 0.6) is 0 Å². The van der Waals surface area contributed by atoms with Crippen molar-refractivity contribution in [2.45, 2.75) is 26.2 Å². The molecule has 0 radical (unpaired) electrons. The summed E-state index contributed by atoms with van der Waals surface area (Å²) in [7, 11) is 1.98. The van der Waals surface area contributed by atoms with Crippen LogP contribution in [0.15, 0.2) is 18.3 Å². The first-order valence-electron chi connectivity index (χ1n) is 6.11. The van der Waals surface area contributed by atoms with Crippen LogP contribution >= 0.6 is 11.3 Å². The third-order valence-electron chi connectivity index (χ3n) is 2.74. The van der Waals surface area contributed by atoms with Crippen molar-refractivity contribution in [2.75, 3.05) is 13.6 Å². The number of rotatable bonds is 6. The number of hydrogen-bond acceptors (Lipinski definition) is 3. The van der Waals surface area contributed by atoms with E-state index in [1.54, 1.807) is 0 Å². The van der Waals surface area contributed by atoms with Gasteiger partial charge in [0, 0.05) is 11.3 Å². The van der Waals surface area contributed by atoms with Gasteiger partial charge in [-0.25, -0.2) is 4.98 Å². The minimum absolute atomic E-state index is 1.01. The van der Waals surface area contributed by atoms with Gasteiger partial charge in [0.2, 0.25) is 0 Å². The standard InChI is InChI=1S/C13H19N3S/c1-3-10-6-7-12(17-10)11-9-15-13(16-11)5-4-8-14-2/h6-7,9,14H,3-5,8H2,1-2H3,(H,15,16). The molecule has 0 bridgehead atoms. The number of hydrogen-bond donors (Lipinski definition) is 2. The molecule has 2 N–H and O–H groups in total. The van der Waals surface area contributed by atoms with E-state index in [9.17, 15) is 0 Å². The predicted octanol–water partition coefficient (Wildman–Crippen LogP) is 2.85. The van der Waals surface area contributed by atoms with E-state index >= 15 is 0 Å². The predicted molar refractivity (Wildman–Crippen MR) is 73.5 cm³/mol. The molecule has 17 heavy (non-hydrogen) atoms. The highest BCUT2D eigenvalue weighted by Crippen LogP contribution is 2.26. The zero-order valence-corrected chi connectivity index (χ0v) is 11.2. The molecule has 0 saturated heterocycles. The second-order valence-electron chi connectivity index (χ2n) is 4.07. The lowest BCUT2D eigenvalue weighted by Crippen LogP contribution is -2.08. The van der Waals surface area contributed by atoms with Crippen LogP contribution in [0.2, 0.25) is 0 Å². The summed E-state index contributed by atoms with van der Waals surface area (Å²) in [5.41, 5.74) is 1.15. The van der Waals surface area contributed by atoms with Crippen LogP contribution in [0.4, 0.5) is 0 Å². The lowest BCUT2D eigenvalue weighted by Gasteiger charge is -1.96. The van der Waals surface area contributed by atoms with Crippen molar-refractivity contribution in [1.82, 2.24) is 15.3 Å². The molecular weight excluding hydrogens is 230 g/mol. The van der Waals surface area contributed by atoms with Crippen LogP contribution in [0.1, 0.15) is 24.0 Å². The van der Waals surface area contributed by atoms with E-state index in [4.69, 9.17) is 0 Å². The van der Waals surface area contributed by atoms with E-state index in [0.29, 0.717) is 0 Å². The van der Waals surface area contributed by atoms with E-state index in [-0.39, 0.29) is 0 Å². The Bertz CT molecular complexity index is 459. The van der Waals surface area contributed by atoms with Crippen LogP contribution < -0.4 is 5.32 Å². The smallest absolute Gasteiger partial charge is 0.106 e. The molecule has 2 rings (SSSR count). The summed E-state index contributed by atoms with van der Waals surface area (Å²) in [5, 5.41) is 3.15. The summed E-state index contributed by atoms with van der Waals surface area (Å²) in [6.45, 7) is 3.22. The molecule has 2 aromatic heterocycles. The van der Waals surface area contributed by atoms with Gasteiger partial charge in [0.25, 0.3) is 0 Å². The molecule has 92 valence electrons. The molecule has 3 nitrogen and oxygen atoms in total. The molecule has 0 aliphatic carbocycles. The molecule has 0 fully saturated rings. The number of aromatic nitrogens is 2. The number of nitrogens with one attached hydrogen (secondary N) is 2. The van der Waals surface area contributed by atoms with Crippen molar-refractivity contribution in [3.63, 3.8) is 0 Å². The largest absolute Gasteiger partial charge is 0.341 e. The molecule has 0 atom stereocenters. The molecule has 0 saturated carbocycles. The van der Waals surface area contributed by atoms with Crippen molar-refractivity contribution in [1.29, 1.82) is 0 Å². The number of thiophene rings is 1. The summed E-state index contributed by atoms with van der Waals surface area (Å²) in [6.07, 6.45) is 5.18. The summed E-state index contributed by atoms with van der Waals surface area (Å²) < 4.78 is 0. The molecule has 0 aliphatic heterocycles. The van der Waals surface area contributed by atoms with Gasteiger partial charge in [-0.15, -0.1) is 11.3 Å². The second-order valence-corrected chi connectivity index (χ2v) is 5.24. The Hall–Kier alpha value is -1.13. The summed E-state index contributed by atoms with van der Waals surface area (Å²) in [4.78, 5) is 10.5. The number of aromatic amines is 1. The fraction of sp³-hybridized carbons (Fsp3) is 0.462. The summed E-state index contributed by atoms with van der Waals surface area (Å²) in [5.74, 6) is 1.08. The van der Waals surface area contributed by atoms with Crippen LogP contribution in [-0.4, -0.2) is 23.6 Å². The van der Waals surface area contributed by atoms with Gasteiger partial charge in [0.05, 0.1) is 16.8 Å². The van der Waals surface area contributed by atoms with Crippen LogP contribution in [0.3, 0.4) is 0 Å². The van der Waals surface area contributed by atoms with E-state index < -0.39 is 0 Å². The molecule has 0 amide bonds. The first-order valence-corrected chi connectivity index (χ1v) is 6.92. The maximum Gasteiger partial charge on any atom is 0.106 e. The van der Waals surface area contributed by atoms with E-state index in [1.165, 1.54) is 9.75 Å². The SMILES string of the molecule is CCc1ccc(-c2cnc(CCCNC)[nH]2)s1. The van der Waals surface area contributed by atoms with Gasteiger partial charge in [-0.1, -0.05) is 6.92 Å². The molecular formula is C13H19N3S. The minimum Gasteiger partial charge on any atom is -0.341 e. The zero-order chi connectivity index (χ0) is 12.1. The van der Waals surface area contributed by atoms with Gasteiger partial charge in [0.15, 0.2) is 0 Å². The monoisotopic (exact) mass is 249 g/mol. The first-order chi connectivity index (χ1) is 8.33. The normalized spacial score (nSPS) is 10.9. The third-order valence-corrected chi connectivity index (χ3v) is 4.01. The Balaban J connectivity index is 2.02. The van der Waals surface area contributed by atoms with E-state index in [1.807, 2.05) is 24.6 Å². The molecule has 2 aromatic rings. The Morgan fingerprint density at radius 1 is 1.41 bits per heavy atom. The molecule has 0 aromatic carbocycles. The maximum atomic E-state index is 4.42. The maximum absolute atomic E-state index is 4.42. The van der Waals surface area contributed by atoms with Gasteiger partial charge in [-0.2, -0.15) is 0 Å². The van der Waals surface area contributed by atoms with Gasteiger partial charge in [0.1, 0.15) is 5.82 Å². The first kappa shape index (κ1) is 12.3. The Kier molecular flexibility index (Phi) is 4.34.